The lowest BCUT2D eigenvalue weighted by molar-refractivity contribution is -0.144. The third-order valence-corrected chi connectivity index (χ3v) is 4.66. The highest BCUT2D eigenvalue weighted by Crippen LogP contribution is 2.13. The minimum absolute atomic E-state index is 0.243. The predicted molar refractivity (Wildman–Crippen MR) is 105 cm³/mol. The maximum atomic E-state index is 12.1. The zero-order valence-electron chi connectivity index (χ0n) is 17.1. The lowest BCUT2D eigenvalue weighted by atomic mass is 10.0. The van der Waals surface area contributed by atoms with Gasteiger partial charge in [0.15, 0.2) is 5.78 Å². The maximum absolute atomic E-state index is 12.1. The van der Waals surface area contributed by atoms with Crippen LogP contribution < -0.4 is 5.32 Å². The van der Waals surface area contributed by atoms with Crippen LogP contribution in [-0.2, 0) is 19.1 Å². The van der Waals surface area contributed by atoms with E-state index in [1.54, 1.807) is 0 Å². The van der Waals surface area contributed by atoms with E-state index in [9.17, 15) is 14.4 Å². The molecule has 5 heteroatoms. The Morgan fingerprint density at radius 1 is 0.808 bits per heavy atom. The molecular weight excluding hydrogens is 330 g/mol. The van der Waals surface area contributed by atoms with Crippen LogP contribution in [0.3, 0.4) is 0 Å². The summed E-state index contributed by atoms with van der Waals surface area (Å²) >= 11 is 0. The molecule has 0 aromatic carbocycles. The van der Waals surface area contributed by atoms with Crippen molar-refractivity contribution in [3.8, 4) is 0 Å². The Hall–Kier alpha value is -1.39. The van der Waals surface area contributed by atoms with E-state index in [4.69, 9.17) is 0 Å². The molecule has 0 aromatic heterocycles. The van der Waals surface area contributed by atoms with Gasteiger partial charge < -0.3 is 10.1 Å². The average molecular weight is 370 g/mol. The van der Waals surface area contributed by atoms with E-state index in [1.165, 1.54) is 71.8 Å². The van der Waals surface area contributed by atoms with E-state index in [0.29, 0.717) is 6.42 Å². The van der Waals surface area contributed by atoms with Gasteiger partial charge in [-0.2, -0.15) is 0 Å². The fourth-order valence-corrected chi connectivity index (χ4v) is 3.09. The molecule has 0 bridgehead atoms. The summed E-state index contributed by atoms with van der Waals surface area (Å²) < 4.78 is 4.52. The second kappa shape index (κ2) is 17.0. The molecule has 0 heterocycles. The third-order valence-electron chi connectivity index (χ3n) is 4.66. The molecule has 0 spiro atoms. The van der Waals surface area contributed by atoms with Gasteiger partial charge in [0.05, 0.1) is 13.2 Å². The first-order chi connectivity index (χ1) is 12.5. The van der Waals surface area contributed by atoms with Crippen LogP contribution in [0.25, 0.3) is 0 Å². The van der Waals surface area contributed by atoms with Crippen molar-refractivity contribution in [3.05, 3.63) is 0 Å². The Balaban J connectivity index is 3.74. The van der Waals surface area contributed by atoms with Crippen LogP contribution in [0.2, 0.25) is 0 Å². The normalized spacial score (nSPS) is 11.8. The first kappa shape index (κ1) is 24.6. The van der Waals surface area contributed by atoms with E-state index in [0.717, 1.165) is 19.3 Å². The van der Waals surface area contributed by atoms with Gasteiger partial charge >= 0.3 is 5.97 Å². The van der Waals surface area contributed by atoms with Crippen molar-refractivity contribution in [2.75, 3.05) is 7.11 Å². The average Bonchev–Trinajstić information content (AvgIpc) is 2.61. The number of amides is 1. The summed E-state index contributed by atoms with van der Waals surface area (Å²) in [6.07, 6.45) is 15.4. The zero-order chi connectivity index (χ0) is 19.6. The standard InChI is InChI=1S/C21H39NO4/c1-4-5-6-7-8-9-10-11-12-13-14-15-16-19(22-18(2)23)20(24)17-21(25)26-3/h19H,4-17H2,1-3H3,(H,22,23). The number of unbranched alkanes of at least 4 members (excludes halogenated alkanes) is 11. The van der Waals surface area contributed by atoms with Crippen LogP contribution in [0.1, 0.15) is 104 Å². The van der Waals surface area contributed by atoms with Crippen LogP contribution >= 0.6 is 0 Å². The quantitative estimate of drug-likeness (QED) is 0.229. The third kappa shape index (κ3) is 14.9. The van der Waals surface area contributed by atoms with E-state index in [-0.39, 0.29) is 18.1 Å². The lowest BCUT2D eigenvalue weighted by Crippen LogP contribution is -2.40. The molecule has 152 valence electrons. The van der Waals surface area contributed by atoms with E-state index < -0.39 is 12.0 Å². The van der Waals surface area contributed by atoms with E-state index in [1.807, 2.05) is 0 Å². The number of nitrogens with one attached hydrogen (secondary N) is 1. The number of esters is 1. The zero-order valence-corrected chi connectivity index (χ0v) is 17.1. The summed E-state index contributed by atoms with van der Waals surface area (Å²) in [4.78, 5) is 34.5. The summed E-state index contributed by atoms with van der Waals surface area (Å²) in [5, 5.41) is 2.65. The number of ether oxygens (including phenoxy) is 1. The van der Waals surface area contributed by atoms with Gasteiger partial charge in [-0.1, -0.05) is 84.0 Å². The fraction of sp³-hybridized carbons (Fsp3) is 0.857. The van der Waals surface area contributed by atoms with Gasteiger partial charge in [0.1, 0.15) is 6.42 Å². The minimum atomic E-state index is -0.574. The van der Waals surface area contributed by atoms with Gasteiger partial charge in [0, 0.05) is 6.92 Å². The number of ketones is 1. The second-order valence-electron chi connectivity index (χ2n) is 7.15. The molecule has 0 fully saturated rings. The molecule has 0 radical (unpaired) electrons. The number of rotatable bonds is 17. The predicted octanol–water partition coefficient (Wildman–Crippen LogP) is 4.71. The molecule has 1 amide bonds. The van der Waals surface area contributed by atoms with Crippen LogP contribution in [-0.4, -0.2) is 30.8 Å². The maximum Gasteiger partial charge on any atom is 0.313 e. The van der Waals surface area contributed by atoms with Gasteiger partial charge in [-0.05, 0) is 6.42 Å². The molecule has 0 aliphatic heterocycles. The van der Waals surface area contributed by atoms with Gasteiger partial charge in [0.25, 0.3) is 0 Å². The minimum Gasteiger partial charge on any atom is -0.469 e. The summed E-state index contributed by atoms with van der Waals surface area (Å²) in [6.45, 7) is 3.63. The Kier molecular flexibility index (Phi) is 16.1. The highest BCUT2D eigenvalue weighted by atomic mass is 16.5. The summed E-state index contributed by atoms with van der Waals surface area (Å²) in [7, 11) is 1.26. The topological polar surface area (TPSA) is 72.5 Å². The first-order valence-electron chi connectivity index (χ1n) is 10.4. The summed E-state index contributed by atoms with van der Waals surface area (Å²) in [5.74, 6) is -1.07. The molecule has 0 rings (SSSR count). The largest absolute Gasteiger partial charge is 0.469 e. The Bertz CT molecular complexity index is 395. The molecule has 5 nitrogen and oxygen atoms in total. The van der Waals surface area contributed by atoms with Crippen LogP contribution in [0.5, 0.6) is 0 Å². The number of carbonyl (C=O) groups is 3. The SMILES string of the molecule is CCCCCCCCCCCCCCC(NC(C)=O)C(=O)CC(=O)OC. The molecule has 0 aromatic rings. The number of methoxy groups -OCH3 is 1. The van der Waals surface area contributed by atoms with Crippen molar-refractivity contribution in [1.29, 1.82) is 0 Å². The number of Topliss-reactive ketones (excluding diaryl/α,β-unsaturated/α-hetero) is 1. The van der Waals surface area contributed by atoms with Crippen molar-refractivity contribution in [2.24, 2.45) is 0 Å². The first-order valence-corrected chi connectivity index (χ1v) is 10.4. The Morgan fingerprint density at radius 3 is 1.69 bits per heavy atom. The Morgan fingerprint density at radius 2 is 1.27 bits per heavy atom. The molecule has 1 atom stereocenters. The van der Waals surface area contributed by atoms with Crippen LogP contribution in [0.15, 0.2) is 0 Å². The van der Waals surface area contributed by atoms with Crippen LogP contribution in [0, 0.1) is 0 Å². The highest BCUT2D eigenvalue weighted by molar-refractivity contribution is 5.99. The monoisotopic (exact) mass is 369 g/mol. The molecule has 0 saturated carbocycles. The molecule has 0 saturated heterocycles. The molecule has 0 aliphatic rings. The second-order valence-corrected chi connectivity index (χ2v) is 7.15. The van der Waals surface area contributed by atoms with Crippen molar-refractivity contribution < 1.29 is 19.1 Å². The molecular formula is C21H39NO4. The number of hydrogen-bond donors (Lipinski definition) is 1. The van der Waals surface area contributed by atoms with E-state index in [2.05, 4.69) is 17.0 Å². The lowest BCUT2D eigenvalue weighted by Gasteiger charge is -2.16. The fourth-order valence-electron chi connectivity index (χ4n) is 3.09. The van der Waals surface area contributed by atoms with E-state index >= 15 is 0 Å². The summed E-state index contributed by atoms with van der Waals surface area (Å²) in [6, 6.07) is -0.574. The van der Waals surface area contributed by atoms with Gasteiger partial charge in [-0.3, -0.25) is 14.4 Å². The smallest absolute Gasteiger partial charge is 0.313 e. The van der Waals surface area contributed by atoms with Crippen molar-refractivity contribution in [3.63, 3.8) is 0 Å². The van der Waals surface area contributed by atoms with Gasteiger partial charge in [-0.25, -0.2) is 0 Å². The van der Waals surface area contributed by atoms with Crippen molar-refractivity contribution in [1.82, 2.24) is 5.32 Å². The molecule has 1 unspecified atom stereocenters. The van der Waals surface area contributed by atoms with Crippen LogP contribution in [0.4, 0.5) is 0 Å². The molecule has 0 aliphatic carbocycles. The van der Waals surface area contributed by atoms with Crippen molar-refractivity contribution in [2.45, 2.75) is 110 Å². The van der Waals surface area contributed by atoms with Crippen molar-refractivity contribution >= 4 is 17.7 Å². The Labute approximate surface area is 159 Å². The molecule has 26 heavy (non-hydrogen) atoms. The highest BCUT2D eigenvalue weighted by Gasteiger charge is 2.21. The number of hydrogen-bond acceptors (Lipinski definition) is 4. The molecule has 1 N–H and O–H groups in total. The van der Waals surface area contributed by atoms with Gasteiger partial charge in [-0.15, -0.1) is 0 Å². The van der Waals surface area contributed by atoms with Gasteiger partial charge in [0.2, 0.25) is 5.91 Å². The number of carbonyl (C=O) groups excluding carboxylic acids is 3. The summed E-state index contributed by atoms with van der Waals surface area (Å²) in [5.41, 5.74) is 0.